The molecule has 0 aliphatic rings. The van der Waals surface area contributed by atoms with Gasteiger partial charge in [0.25, 0.3) is 5.91 Å². The van der Waals surface area contributed by atoms with Gasteiger partial charge in [0.2, 0.25) is 0 Å². The summed E-state index contributed by atoms with van der Waals surface area (Å²) in [6, 6.07) is 10.3. The molecule has 0 fully saturated rings. The van der Waals surface area contributed by atoms with Crippen molar-refractivity contribution in [1.82, 2.24) is 15.2 Å². The van der Waals surface area contributed by atoms with Crippen LogP contribution in [-0.4, -0.2) is 40.9 Å². The minimum atomic E-state index is -0.379. The molecule has 1 N–H and O–H groups in total. The first-order valence-corrected chi connectivity index (χ1v) is 8.82. The maximum absolute atomic E-state index is 12.3. The lowest BCUT2D eigenvalue weighted by atomic mass is 10.2. The minimum Gasteiger partial charge on any atom is -0.494 e. The number of nitrogens with zero attached hydrogens (tertiary/aromatic N) is 3. The van der Waals surface area contributed by atoms with Crippen molar-refractivity contribution < 1.29 is 19.1 Å². The highest BCUT2D eigenvalue weighted by molar-refractivity contribution is 6.31. The number of carbonyl (C=O) groups excluding carboxylic acids is 1. The van der Waals surface area contributed by atoms with Crippen LogP contribution in [0.15, 0.2) is 36.4 Å². The van der Waals surface area contributed by atoms with Gasteiger partial charge in [-0.1, -0.05) is 16.4 Å². The predicted molar refractivity (Wildman–Crippen MR) is 101 cm³/mol. The van der Waals surface area contributed by atoms with E-state index in [4.69, 9.17) is 25.9 Å². The molecule has 0 spiro atoms. The molecule has 3 rings (SSSR count). The van der Waals surface area contributed by atoms with Crippen LogP contribution in [0.25, 0.3) is 11.0 Å². The monoisotopic (exact) mass is 390 g/mol. The van der Waals surface area contributed by atoms with Gasteiger partial charge in [-0.15, -0.1) is 5.10 Å². The Hall–Kier alpha value is -3.00. The fourth-order valence-electron chi connectivity index (χ4n) is 2.42. The molecular weight excluding hydrogens is 372 g/mol. The number of benzene rings is 2. The molecule has 142 valence electrons. The van der Waals surface area contributed by atoms with Gasteiger partial charge in [0, 0.05) is 11.1 Å². The van der Waals surface area contributed by atoms with Crippen molar-refractivity contribution in [3.63, 3.8) is 0 Å². The number of aromatic nitrogens is 3. The third kappa shape index (κ3) is 4.59. The predicted octanol–water partition coefficient (Wildman–Crippen LogP) is 2.95. The van der Waals surface area contributed by atoms with Crippen LogP contribution >= 0.6 is 11.6 Å². The Bertz CT molecular complexity index is 944. The Labute approximate surface area is 160 Å². The Morgan fingerprint density at radius 1 is 1.15 bits per heavy atom. The highest BCUT2D eigenvalue weighted by Gasteiger charge is 2.12. The van der Waals surface area contributed by atoms with Crippen LogP contribution in [0.1, 0.15) is 13.8 Å². The fraction of sp³-hybridized carbons (Fsp3) is 0.278. The number of anilines is 1. The molecular formula is C18H19ClN4O4. The van der Waals surface area contributed by atoms with E-state index < -0.39 is 0 Å². The molecule has 0 unspecified atom stereocenters. The SMILES string of the molecule is CCOc1ccc(OCC)c(NC(=O)COn2nnc3ccc(Cl)cc32)c1. The second-order valence-electron chi connectivity index (χ2n) is 5.44. The van der Waals surface area contributed by atoms with Gasteiger partial charge in [-0.3, -0.25) is 4.79 Å². The summed E-state index contributed by atoms with van der Waals surface area (Å²) >= 11 is 5.98. The normalized spacial score (nSPS) is 10.6. The molecule has 0 radical (unpaired) electrons. The van der Waals surface area contributed by atoms with Crippen LogP contribution in [0.5, 0.6) is 11.5 Å². The first kappa shape index (κ1) is 18.8. The van der Waals surface area contributed by atoms with Crippen molar-refractivity contribution in [3.05, 3.63) is 41.4 Å². The van der Waals surface area contributed by atoms with Crippen molar-refractivity contribution in [2.75, 3.05) is 25.1 Å². The Balaban J connectivity index is 1.69. The molecule has 0 aliphatic heterocycles. The van der Waals surface area contributed by atoms with Crippen molar-refractivity contribution in [3.8, 4) is 11.5 Å². The molecule has 1 aromatic heterocycles. The van der Waals surface area contributed by atoms with E-state index in [9.17, 15) is 4.79 Å². The molecule has 9 heteroatoms. The fourth-order valence-corrected chi connectivity index (χ4v) is 2.58. The van der Waals surface area contributed by atoms with Gasteiger partial charge in [0.15, 0.2) is 6.61 Å². The largest absolute Gasteiger partial charge is 0.494 e. The number of hydrogen-bond acceptors (Lipinski definition) is 6. The number of nitrogens with one attached hydrogen (secondary N) is 1. The average Bonchev–Trinajstić information content (AvgIpc) is 3.04. The molecule has 3 aromatic rings. The van der Waals surface area contributed by atoms with Crippen LogP contribution in [0, 0.1) is 0 Å². The van der Waals surface area contributed by atoms with Crippen LogP contribution in [0.4, 0.5) is 5.69 Å². The summed E-state index contributed by atoms with van der Waals surface area (Å²) in [7, 11) is 0. The molecule has 0 aliphatic carbocycles. The van der Waals surface area contributed by atoms with E-state index in [1.165, 1.54) is 4.85 Å². The van der Waals surface area contributed by atoms with E-state index >= 15 is 0 Å². The standard InChI is InChI=1S/C18H19ClN4O4/c1-3-25-13-6-8-17(26-4-2)15(10-13)20-18(24)11-27-23-16-9-12(19)5-7-14(16)21-22-23/h5-10H,3-4,11H2,1-2H3,(H,20,24). The molecule has 0 atom stereocenters. The quantitative estimate of drug-likeness (QED) is 0.636. The van der Waals surface area contributed by atoms with E-state index in [0.29, 0.717) is 46.5 Å². The summed E-state index contributed by atoms with van der Waals surface area (Å²) in [6.07, 6.45) is 0. The van der Waals surface area contributed by atoms with E-state index in [2.05, 4.69) is 15.6 Å². The number of hydrogen-bond donors (Lipinski definition) is 1. The lowest BCUT2D eigenvalue weighted by Crippen LogP contribution is -2.26. The summed E-state index contributed by atoms with van der Waals surface area (Å²) in [5.41, 5.74) is 1.69. The lowest BCUT2D eigenvalue weighted by Gasteiger charge is -2.13. The van der Waals surface area contributed by atoms with Gasteiger partial charge in [-0.2, -0.15) is 0 Å². The number of fused-ring (bicyclic) bond motifs is 1. The highest BCUT2D eigenvalue weighted by atomic mass is 35.5. The zero-order chi connectivity index (χ0) is 19.2. The summed E-state index contributed by atoms with van der Waals surface area (Å²) in [6.45, 7) is 4.48. The van der Waals surface area contributed by atoms with Crippen molar-refractivity contribution in [2.45, 2.75) is 13.8 Å². The molecule has 0 saturated carbocycles. The zero-order valence-electron chi connectivity index (χ0n) is 14.9. The summed E-state index contributed by atoms with van der Waals surface area (Å²) in [4.78, 5) is 18.9. The molecule has 2 aromatic carbocycles. The zero-order valence-corrected chi connectivity index (χ0v) is 15.7. The smallest absolute Gasteiger partial charge is 0.265 e. The Morgan fingerprint density at radius 2 is 1.96 bits per heavy atom. The third-order valence-corrected chi connectivity index (χ3v) is 3.77. The van der Waals surface area contributed by atoms with Crippen LogP contribution in [0.2, 0.25) is 5.02 Å². The lowest BCUT2D eigenvalue weighted by molar-refractivity contribution is -0.121. The van der Waals surface area contributed by atoms with Crippen LogP contribution in [-0.2, 0) is 4.79 Å². The minimum absolute atomic E-state index is 0.268. The van der Waals surface area contributed by atoms with E-state index in [1.807, 2.05) is 13.8 Å². The number of rotatable bonds is 8. The molecule has 27 heavy (non-hydrogen) atoms. The van der Waals surface area contributed by atoms with E-state index in [0.717, 1.165) is 0 Å². The third-order valence-electron chi connectivity index (χ3n) is 3.53. The van der Waals surface area contributed by atoms with Gasteiger partial charge in [-0.05, 0) is 49.4 Å². The Kier molecular flexibility index (Phi) is 5.97. The molecule has 0 bridgehead atoms. The van der Waals surface area contributed by atoms with Crippen LogP contribution < -0.4 is 19.6 Å². The molecule has 8 nitrogen and oxygen atoms in total. The van der Waals surface area contributed by atoms with Crippen molar-refractivity contribution in [2.24, 2.45) is 0 Å². The highest BCUT2D eigenvalue weighted by Crippen LogP contribution is 2.29. The maximum Gasteiger partial charge on any atom is 0.265 e. The first-order valence-electron chi connectivity index (χ1n) is 8.44. The molecule has 1 heterocycles. The van der Waals surface area contributed by atoms with Gasteiger partial charge >= 0.3 is 0 Å². The van der Waals surface area contributed by atoms with Gasteiger partial charge in [0.1, 0.15) is 22.5 Å². The second kappa shape index (κ2) is 8.59. The van der Waals surface area contributed by atoms with Gasteiger partial charge in [-0.25, -0.2) is 0 Å². The summed E-state index contributed by atoms with van der Waals surface area (Å²) < 4.78 is 11.0. The van der Waals surface area contributed by atoms with Gasteiger partial charge < -0.3 is 19.6 Å². The van der Waals surface area contributed by atoms with Gasteiger partial charge in [0.05, 0.1) is 18.9 Å². The number of ether oxygens (including phenoxy) is 2. The molecule has 1 amide bonds. The van der Waals surface area contributed by atoms with Crippen LogP contribution in [0.3, 0.4) is 0 Å². The van der Waals surface area contributed by atoms with Crippen molar-refractivity contribution in [1.29, 1.82) is 0 Å². The topological polar surface area (TPSA) is 87.5 Å². The number of halogens is 1. The second-order valence-corrected chi connectivity index (χ2v) is 5.88. The summed E-state index contributed by atoms with van der Waals surface area (Å²) in [5.74, 6) is 0.802. The van der Waals surface area contributed by atoms with E-state index in [1.54, 1.807) is 36.4 Å². The average molecular weight is 391 g/mol. The Morgan fingerprint density at radius 3 is 2.74 bits per heavy atom. The number of amides is 1. The molecule has 0 saturated heterocycles. The summed E-state index contributed by atoms with van der Waals surface area (Å²) in [5, 5.41) is 11.1. The van der Waals surface area contributed by atoms with Crippen molar-refractivity contribution >= 4 is 34.2 Å². The number of carbonyl (C=O) groups is 1. The maximum atomic E-state index is 12.3. The first-order chi connectivity index (χ1) is 13.1. The van der Waals surface area contributed by atoms with E-state index in [-0.39, 0.29) is 12.5 Å².